The number of aromatic hydroxyl groups is 1. The van der Waals surface area contributed by atoms with Crippen molar-refractivity contribution in [2.24, 2.45) is 0 Å². The van der Waals surface area contributed by atoms with Gasteiger partial charge in [0.15, 0.2) is 0 Å². The van der Waals surface area contributed by atoms with Crippen molar-refractivity contribution in [2.75, 3.05) is 11.4 Å². The molecule has 1 heterocycles. The highest BCUT2D eigenvalue weighted by Crippen LogP contribution is 2.43. The molecule has 1 aliphatic heterocycles. The molecule has 5 nitrogen and oxygen atoms in total. The topological polar surface area (TPSA) is 66.6 Å². The van der Waals surface area contributed by atoms with E-state index in [1.54, 1.807) is 0 Å². The van der Waals surface area contributed by atoms with Gasteiger partial charge in [-0.25, -0.2) is 0 Å². The Morgan fingerprint density at radius 2 is 1.86 bits per heavy atom. The number of fused-ring (bicyclic) bond motifs is 1. The lowest BCUT2D eigenvalue weighted by molar-refractivity contribution is -0.384. The number of nitro groups is 1. The zero-order valence-corrected chi connectivity index (χ0v) is 16.1. The molecule has 3 aromatic rings. The Morgan fingerprint density at radius 3 is 2.57 bits per heavy atom. The Balaban J connectivity index is 1.89. The summed E-state index contributed by atoms with van der Waals surface area (Å²) in [5.74, 6) is 0.0404. The number of benzene rings is 3. The maximum absolute atomic E-state index is 11.3. The van der Waals surface area contributed by atoms with Gasteiger partial charge < -0.3 is 10.0 Å². The Bertz CT molecular complexity index is 1050. The lowest BCUT2D eigenvalue weighted by Crippen LogP contribution is -2.28. The first kappa shape index (κ1) is 18.3. The summed E-state index contributed by atoms with van der Waals surface area (Å²) in [5, 5.41) is 22.6. The number of nitro benzene ring substituents is 1. The highest BCUT2D eigenvalue weighted by Gasteiger charge is 2.31. The van der Waals surface area contributed by atoms with Crippen molar-refractivity contribution in [1.82, 2.24) is 0 Å². The van der Waals surface area contributed by atoms with Gasteiger partial charge in [-0.3, -0.25) is 10.1 Å². The standard InChI is InChI=1S/C22H19ClN2O3/c1-14-2-4-15(5-3-14)22(19-13-18(25(27)28)7-9-21(19)26)24-11-10-16-12-17(23)6-8-20(16)24/h2-9,12-13,22,26H,10-11H2,1H3. The fourth-order valence-corrected chi connectivity index (χ4v) is 4.01. The fraction of sp³-hybridized carbons (Fsp3) is 0.182. The molecule has 142 valence electrons. The third-order valence-corrected chi connectivity index (χ3v) is 5.43. The Labute approximate surface area is 168 Å². The average Bonchev–Trinajstić information content (AvgIpc) is 3.07. The number of anilines is 1. The van der Waals surface area contributed by atoms with Crippen LogP contribution in [-0.2, 0) is 6.42 Å². The number of phenols is 1. The predicted molar refractivity (Wildman–Crippen MR) is 110 cm³/mol. The highest BCUT2D eigenvalue weighted by atomic mass is 35.5. The van der Waals surface area contributed by atoms with E-state index in [1.807, 2.05) is 49.4 Å². The van der Waals surface area contributed by atoms with Crippen LogP contribution in [0.3, 0.4) is 0 Å². The molecule has 28 heavy (non-hydrogen) atoms. The summed E-state index contributed by atoms with van der Waals surface area (Å²) >= 11 is 6.15. The van der Waals surface area contributed by atoms with Crippen LogP contribution in [0.4, 0.5) is 11.4 Å². The normalized spacial score (nSPS) is 14.0. The summed E-state index contributed by atoms with van der Waals surface area (Å²) in [5.41, 5.74) is 4.72. The van der Waals surface area contributed by atoms with Crippen molar-refractivity contribution in [3.05, 3.63) is 98.1 Å². The van der Waals surface area contributed by atoms with Crippen LogP contribution in [-0.4, -0.2) is 16.6 Å². The fourth-order valence-electron chi connectivity index (χ4n) is 3.81. The van der Waals surface area contributed by atoms with E-state index in [2.05, 4.69) is 4.90 Å². The molecule has 0 saturated carbocycles. The van der Waals surface area contributed by atoms with Crippen molar-refractivity contribution in [3.8, 4) is 5.75 Å². The second-order valence-corrected chi connectivity index (χ2v) is 7.47. The SMILES string of the molecule is Cc1ccc(C(c2cc([N+](=O)[O-])ccc2O)N2CCc3cc(Cl)ccc32)cc1. The van der Waals surface area contributed by atoms with Gasteiger partial charge in [-0.2, -0.15) is 0 Å². The van der Waals surface area contributed by atoms with Crippen LogP contribution in [0.1, 0.15) is 28.3 Å². The number of halogens is 1. The van der Waals surface area contributed by atoms with Gasteiger partial charge in [-0.05, 0) is 48.7 Å². The molecule has 0 spiro atoms. The van der Waals surface area contributed by atoms with Gasteiger partial charge >= 0.3 is 0 Å². The van der Waals surface area contributed by atoms with Gasteiger partial charge in [-0.1, -0.05) is 41.4 Å². The molecule has 0 saturated heterocycles. The quantitative estimate of drug-likeness (QED) is 0.474. The summed E-state index contributed by atoms with van der Waals surface area (Å²) in [6.07, 6.45) is 0.827. The molecule has 0 aliphatic carbocycles. The lowest BCUT2D eigenvalue weighted by Gasteiger charge is -2.31. The molecule has 1 aliphatic rings. The number of nitrogens with zero attached hydrogens (tertiary/aromatic N) is 2. The number of hydrogen-bond donors (Lipinski definition) is 1. The maximum Gasteiger partial charge on any atom is 0.270 e. The first-order chi connectivity index (χ1) is 13.4. The molecule has 1 atom stereocenters. The lowest BCUT2D eigenvalue weighted by atomic mass is 9.95. The molecule has 0 fully saturated rings. The molecule has 3 aromatic carbocycles. The van der Waals surface area contributed by atoms with Crippen LogP contribution >= 0.6 is 11.6 Å². The van der Waals surface area contributed by atoms with Crippen molar-refractivity contribution in [2.45, 2.75) is 19.4 Å². The molecule has 1 unspecified atom stereocenters. The number of rotatable bonds is 4. The van der Waals surface area contributed by atoms with Gasteiger partial charge in [0, 0.05) is 35.0 Å². The van der Waals surface area contributed by atoms with E-state index in [9.17, 15) is 15.2 Å². The van der Waals surface area contributed by atoms with E-state index in [0.29, 0.717) is 10.6 Å². The monoisotopic (exact) mass is 394 g/mol. The van der Waals surface area contributed by atoms with Gasteiger partial charge in [0.25, 0.3) is 5.69 Å². The Morgan fingerprint density at radius 1 is 1.11 bits per heavy atom. The van der Waals surface area contributed by atoms with Crippen LogP contribution < -0.4 is 4.90 Å². The van der Waals surface area contributed by atoms with E-state index in [1.165, 1.54) is 18.2 Å². The van der Waals surface area contributed by atoms with Crippen molar-refractivity contribution in [1.29, 1.82) is 0 Å². The molecule has 0 bridgehead atoms. The van der Waals surface area contributed by atoms with Crippen molar-refractivity contribution < 1.29 is 10.0 Å². The van der Waals surface area contributed by atoms with Crippen LogP contribution in [0.5, 0.6) is 5.75 Å². The van der Waals surface area contributed by atoms with Gasteiger partial charge in [0.2, 0.25) is 0 Å². The first-order valence-electron chi connectivity index (χ1n) is 9.03. The number of hydrogen-bond acceptors (Lipinski definition) is 4. The summed E-state index contributed by atoms with van der Waals surface area (Å²) in [6, 6.07) is 17.6. The zero-order valence-electron chi connectivity index (χ0n) is 15.3. The number of phenolic OH excluding ortho intramolecular Hbond substituents is 1. The molecular weight excluding hydrogens is 376 g/mol. The third kappa shape index (κ3) is 3.29. The van der Waals surface area contributed by atoms with Crippen LogP contribution in [0.2, 0.25) is 5.02 Å². The summed E-state index contributed by atoms with van der Waals surface area (Å²) in [7, 11) is 0. The zero-order chi connectivity index (χ0) is 19.8. The van der Waals surface area contributed by atoms with Crippen LogP contribution in [0.15, 0.2) is 60.7 Å². The van der Waals surface area contributed by atoms with Crippen molar-refractivity contribution in [3.63, 3.8) is 0 Å². The summed E-state index contributed by atoms with van der Waals surface area (Å²) in [6.45, 7) is 2.74. The van der Waals surface area contributed by atoms with E-state index < -0.39 is 4.92 Å². The molecule has 4 rings (SSSR count). The van der Waals surface area contributed by atoms with Gasteiger partial charge in [-0.15, -0.1) is 0 Å². The minimum absolute atomic E-state index is 0.0404. The summed E-state index contributed by atoms with van der Waals surface area (Å²) in [4.78, 5) is 13.1. The third-order valence-electron chi connectivity index (χ3n) is 5.19. The Hall–Kier alpha value is -3.05. The molecular formula is C22H19ClN2O3. The molecule has 6 heteroatoms. The number of non-ortho nitro benzene ring substituents is 1. The van der Waals surface area contributed by atoms with Gasteiger partial charge in [0.05, 0.1) is 11.0 Å². The minimum atomic E-state index is -0.438. The van der Waals surface area contributed by atoms with Crippen molar-refractivity contribution >= 4 is 23.0 Å². The second-order valence-electron chi connectivity index (χ2n) is 7.03. The van der Waals surface area contributed by atoms with Crippen LogP contribution in [0, 0.1) is 17.0 Å². The Kier molecular flexibility index (Phi) is 4.69. The minimum Gasteiger partial charge on any atom is -0.508 e. The first-order valence-corrected chi connectivity index (χ1v) is 9.41. The smallest absolute Gasteiger partial charge is 0.270 e. The molecule has 0 amide bonds. The van der Waals surface area contributed by atoms with E-state index >= 15 is 0 Å². The van der Waals surface area contributed by atoms with E-state index in [4.69, 9.17) is 11.6 Å². The van der Waals surface area contributed by atoms with Gasteiger partial charge in [0.1, 0.15) is 5.75 Å². The molecule has 1 N–H and O–H groups in total. The number of aryl methyl sites for hydroxylation is 1. The maximum atomic E-state index is 11.3. The van der Waals surface area contributed by atoms with E-state index in [0.717, 1.165) is 35.3 Å². The second kappa shape index (κ2) is 7.17. The predicted octanol–water partition coefficient (Wildman–Crippen LogP) is 5.41. The highest BCUT2D eigenvalue weighted by molar-refractivity contribution is 6.30. The van der Waals surface area contributed by atoms with Crippen LogP contribution in [0.25, 0.3) is 0 Å². The average molecular weight is 395 g/mol. The largest absolute Gasteiger partial charge is 0.508 e. The summed E-state index contributed by atoms with van der Waals surface area (Å²) < 4.78 is 0. The molecule has 0 radical (unpaired) electrons. The molecule has 0 aromatic heterocycles. The van der Waals surface area contributed by atoms with E-state index in [-0.39, 0.29) is 17.5 Å².